The van der Waals surface area contributed by atoms with Crippen molar-refractivity contribution in [3.63, 3.8) is 0 Å². The summed E-state index contributed by atoms with van der Waals surface area (Å²) < 4.78 is 5.37. The molecule has 178 valence electrons. The Kier molecular flexibility index (Phi) is 5.82. The molecule has 35 heavy (non-hydrogen) atoms. The lowest BCUT2D eigenvalue weighted by atomic mass is 10.0. The summed E-state index contributed by atoms with van der Waals surface area (Å²) in [6.07, 6.45) is 2.71. The zero-order valence-electron chi connectivity index (χ0n) is 19.4. The number of hydrogen-bond donors (Lipinski definition) is 3. The Hall–Kier alpha value is -4.40. The molecule has 9 nitrogen and oxygen atoms in total. The van der Waals surface area contributed by atoms with E-state index in [9.17, 15) is 14.7 Å². The number of pyridine rings is 1. The normalized spacial score (nSPS) is 15.9. The van der Waals surface area contributed by atoms with Gasteiger partial charge < -0.3 is 25.0 Å². The number of carbonyl (C=O) groups excluding carboxylic acids is 2. The van der Waals surface area contributed by atoms with Crippen molar-refractivity contribution in [2.45, 2.75) is 18.9 Å². The summed E-state index contributed by atoms with van der Waals surface area (Å²) in [5, 5.41) is 13.6. The van der Waals surface area contributed by atoms with Gasteiger partial charge in [-0.3, -0.25) is 9.59 Å². The van der Waals surface area contributed by atoms with Gasteiger partial charge in [-0.2, -0.15) is 0 Å². The number of aromatic nitrogens is 3. The average Bonchev–Trinajstić information content (AvgIpc) is 3.30. The predicted molar refractivity (Wildman–Crippen MR) is 131 cm³/mol. The Morgan fingerprint density at radius 2 is 2.06 bits per heavy atom. The zero-order chi connectivity index (χ0) is 24.5. The van der Waals surface area contributed by atoms with Crippen LogP contribution in [0, 0.1) is 0 Å². The number of methoxy groups -OCH3 is 1. The number of rotatable bonds is 5. The van der Waals surface area contributed by atoms with Gasteiger partial charge in [0.05, 0.1) is 23.7 Å². The van der Waals surface area contributed by atoms with E-state index in [0.29, 0.717) is 47.7 Å². The SMILES string of the molecule is COc1ncccc1-c1ccc(O)c(-c2nc3cc(C(=O)NC4CCC(=O)N(C)C4)ccc3[nH]2)c1. The second-order valence-electron chi connectivity index (χ2n) is 8.59. The highest BCUT2D eigenvalue weighted by atomic mass is 16.5. The molecule has 1 atom stereocenters. The van der Waals surface area contributed by atoms with Gasteiger partial charge in [-0.05, 0) is 54.4 Å². The maximum absolute atomic E-state index is 12.8. The number of imidazole rings is 1. The van der Waals surface area contributed by atoms with Crippen molar-refractivity contribution in [1.82, 2.24) is 25.2 Å². The highest BCUT2D eigenvalue weighted by Crippen LogP contribution is 2.35. The fourth-order valence-corrected chi connectivity index (χ4v) is 4.34. The Morgan fingerprint density at radius 1 is 1.20 bits per heavy atom. The molecular formula is C26H25N5O4. The second kappa shape index (κ2) is 9.09. The average molecular weight is 472 g/mol. The van der Waals surface area contributed by atoms with Gasteiger partial charge in [0.15, 0.2) is 0 Å². The number of amides is 2. The minimum absolute atomic E-state index is 0.0737. The molecule has 0 bridgehead atoms. The number of likely N-dealkylation sites (tertiary alicyclic amines) is 1. The van der Waals surface area contributed by atoms with Gasteiger partial charge in [-0.25, -0.2) is 9.97 Å². The van der Waals surface area contributed by atoms with Crippen LogP contribution in [-0.2, 0) is 4.79 Å². The first-order valence-corrected chi connectivity index (χ1v) is 11.3. The number of likely N-dealkylation sites (N-methyl/N-ethyl adjacent to an activating group) is 1. The number of aromatic hydroxyl groups is 1. The third-order valence-electron chi connectivity index (χ3n) is 6.23. The zero-order valence-corrected chi connectivity index (χ0v) is 19.4. The molecule has 1 aliphatic heterocycles. The Morgan fingerprint density at radius 3 is 2.86 bits per heavy atom. The molecule has 5 rings (SSSR count). The smallest absolute Gasteiger partial charge is 0.251 e. The molecule has 1 saturated heterocycles. The first-order valence-electron chi connectivity index (χ1n) is 11.3. The number of fused-ring (bicyclic) bond motifs is 1. The summed E-state index contributed by atoms with van der Waals surface area (Å²) in [4.78, 5) is 38.3. The van der Waals surface area contributed by atoms with Crippen molar-refractivity contribution in [3.8, 4) is 34.1 Å². The number of benzene rings is 2. The molecule has 1 aliphatic rings. The molecular weight excluding hydrogens is 446 g/mol. The van der Waals surface area contributed by atoms with Crippen LogP contribution in [0.5, 0.6) is 11.6 Å². The molecule has 4 aromatic rings. The number of phenolic OH excluding ortho intramolecular Hbond substituents is 1. The molecule has 0 spiro atoms. The van der Waals surface area contributed by atoms with Gasteiger partial charge in [0.1, 0.15) is 11.6 Å². The molecule has 2 aromatic carbocycles. The van der Waals surface area contributed by atoms with Crippen LogP contribution in [0.15, 0.2) is 54.7 Å². The molecule has 0 aliphatic carbocycles. The van der Waals surface area contributed by atoms with Crippen LogP contribution in [-0.4, -0.2) is 63.5 Å². The van der Waals surface area contributed by atoms with Crippen LogP contribution < -0.4 is 10.1 Å². The van der Waals surface area contributed by atoms with Crippen LogP contribution in [0.4, 0.5) is 0 Å². The Labute approximate surface area is 201 Å². The van der Waals surface area contributed by atoms with Gasteiger partial charge in [0, 0.05) is 43.4 Å². The summed E-state index contributed by atoms with van der Waals surface area (Å²) in [5.41, 5.74) is 3.95. The lowest BCUT2D eigenvalue weighted by Gasteiger charge is -2.30. The molecule has 0 saturated carbocycles. The maximum atomic E-state index is 12.8. The molecule has 9 heteroatoms. The van der Waals surface area contributed by atoms with Gasteiger partial charge in [-0.15, -0.1) is 0 Å². The Balaban J connectivity index is 1.42. The first kappa shape index (κ1) is 22.4. The van der Waals surface area contributed by atoms with E-state index in [1.54, 1.807) is 55.6 Å². The van der Waals surface area contributed by atoms with E-state index in [0.717, 1.165) is 16.6 Å². The van der Waals surface area contributed by atoms with Gasteiger partial charge in [-0.1, -0.05) is 6.07 Å². The number of piperidine rings is 1. The van der Waals surface area contributed by atoms with Gasteiger partial charge in [0.2, 0.25) is 11.8 Å². The Bertz CT molecular complexity index is 1430. The van der Waals surface area contributed by atoms with E-state index in [2.05, 4.69) is 20.3 Å². The lowest BCUT2D eigenvalue weighted by Crippen LogP contribution is -2.48. The minimum atomic E-state index is -0.210. The second-order valence-corrected chi connectivity index (χ2v) is 8.59. The summed E-state index contributed by atoms with van der Waals surface area (Å²) in [7, 11) is 3.30. The van der Waals surface area contributed by atoms with Gasteiger partial charge >= 0.3 is 0 Å². The van der Waals surface area contributed by atoms with Crippen LogP contribution in [0.25, 0.3) is 33.5 Å². The lowest BCUT2D eigenvalue weighted by molar-refractivity contribution is -0.132. The number of H-pyrrole nitrogens is 1. The minimum Gasteiger partial charge on any atom is -0.507 e. The summed E-state index contributed by atoms with van der Waals surface area (Å²) in [5.74, 6) is 0.919. The fourth-order valence-electron chi connectivity index (χ4n) is 4.34. The van der Waals surface area contributed by atoms with E-state index >= 15 is 0 Å². The van der Waals surface area contributed by atoms with E-state index in [4.69, 9.17) is 4.74 Å². The number of nitrogens with one attached hydrogen (secondary N) is 2. The van der Waals surface area contributed by atoms with E-state index in [-0.39, 0.29) is 23.6 Å². The van der Waals surface area contributed by atoms with Crippen LogP contribution in [0.2, 0.25) is 0 Å². The van der Waals surface area contributed by atoms with Crippen molar-refractivity contribution < 1.29 is 19.4 Å². The third-order valence-corrected chi connectivity index (χ3v) is 6.23. The molecule has 1 fully saturated rings. The molecule has 2 amide bonds. The van der Waals surface area contributed by atoms with Crippen molar-refractivity contribution in [2.24, 2.45) is 0 Å². The first-order chi connectivity index (χ1) is 16.9. The van der Waals surface area contributed by atoms with Crippen LogP contribution in [0.3, 0.4) is 0 Å². The van der Waals surface area contributed by atoms with Crippen molar-refractivity contribution >= 4 is 22.8 Å². The summed E-state index contributed by atoms with van der Waals surface area (Å²) in [6, 6.07) is 14.1. The predicted octanol–water partition coefficient (Wildman–Crippen LogP) is 3.36. The number of aromatic amines is 1. The number of ether oxygens (including phenoxy) is 1. The monoisotopic (exact) mass is 471 g/mol. The summed E-state index contributed by atoms with van der Waals surface area (Å²) in [6.45, 7) is 0.497. The molecule has 3 N–H and O–H groups in total. The molecule has 3 heterocycles. The highest BCUT2D eigenvalue weighted by Gasteiger charge is 2.24. The van der Waals surface area contributed by atoms with Crippen molar-refractivity contribution in [1.29, 1.82) is 0 Å². The number of hydrogen-bond acceptors (Lipinski definition) is 6. The van der Waals surface area contributed by atoms with E-state index in [1.165, 1.54) is 0 Å². The third kappa shape index (κ3) is 4.40. The summed E-state index contributed by atoms with van der Waals surface area (Å²) >= 11 is 0. The number of carbonyl (C=O) groups is 2. The molecule has 2 aromatic heterocycles. The number of nitrogens with zero attached hydrogens (tertiary/aromatic N) is 3. The maximum Gasteiger partial charge on any atom is 0.251 e. The van der Waals surface area contributed by atoms with Gasteiger partial charge in [0.25, 0.3) is 5.91 Å². The topological polar surface area (TPSA) is 120 Å². The van der Waals surface area contributed by atoms with Crippen LogP contribution >= 0.6 is 0 Å². The fraction of sp³-hybridized carbons (Fsp3) is 0.231. The highest BCUT2D eigenvalue weighted by molar-refractivity contribution is 5.98. The largest absolute Gasteiger partial charge is 0.507 e. The number of phenols is 1. The standard InChI is InChI=1S/C26H25N5O4/c1-31-14-17(7-10-23(31)33)28-25(34)16-5-8-20-21(13-16)30-24(29-20)19-12-15(6-9-22(19)32)18-4-3-11-27-26(18)35-2/h3-6,8-9,11-13,17,32H,7,10,14H2,1-2H3,(H,28,34)(H,29,30). The van der Waals surface area contributed by atoms with Crippen molar-refractivity contribution in [2.75, 3.05) is 20.7 Å². The van der Waals surface area contributed by atoms with Crippen LogP contribution in [0.1, 0.15) is 23.2 Å². The molecule has 1 unspecified atom stereocenters. The van der Waals surface area contributed by atoms with E-state index in [1.807, 2.05) is 18.2 Å². The quantitative estimate of drug-likeness (QED) is 0.411. The molecule has 0 radical (unpaired) electrons. The van der Waals surface area contributed by atoms with Crippen molar-refractivity contribution in [3.05, 3.63) is 60.3 Å². The van der Waals surface area contributed by atoms with E-state index < -0.39 is 0 Å².